The molecule has 2 N–H and O–H groups in total. The van der Waals surface area contributed by atoms with Gasteiger partial charge in [0, 0.05) is 41.6 Å². The number of aryl methyl sites for hydroxylation is 2. The van der Waals surface area contributed by atoms with Gasteiger partial charge in [-0.05, 0) is 92.6 Å². The summed E-state index contributed by atoms with van der Waals surface area (Å²) in [6, 6.07) is 24.2. The van der Waals surface area contributed by atoms with Crippen LogP contribution in [0.25, 0.3) is 5.69 Å². The first-order chi connectivity index (χ1) is 17.3. The molecule has 5 rings (SSSR count). The fraction of sp³-hybridized carbons (Fsp3) is 0.207. The lowest BCUT2D eigenvalue weighted by Gasteiger charge is -2.28. The molecule has 0 radical (unpaired) electrons. The molecule has 0 saturated carbocycles. The third-order valence-electron chi connectivity index (χ3n) is 6.71. The minimum atomic E-state index is -0.125. The lowest BCUT2D eigenvalue weighted by Crippen LogP contribution is -2.29. The van der Waals surface area contributed by atoms with Gasteiger partial charge in [-0.3, -0.25) is 9.78 Å². The Labute approximate surface area is 217 Å². The number of nitrogens with one attached hydrogen (secondary N) is 2. The molecular formula is C29H29N5OS. The zero-order chi connectivity index (χ0) is 25.4. The highest BCUT2D eigenvalue weighted by molar-refractivity contribution is 7.80. The third-order valence-corrected chi connectivity index (χ3v) is 7.02. The van der Waals surface area contributed by atoms with Crippen molar-refractivity contribution >= 4 is 34.6 Å². The number of aromatic nitrogens is 2. The number of hydrogen-bond donors (Lipinski definition) is 2. The van der Waals surface area contributed by atoms with Gasteiger partial charge in [-0.2, -0.15) is 0 Å². The van der Waals surface area contributed by atoms with Crippen molar-refractivity contribution in [2.75, 3.05) is 10.2 Å². The Morgan fingerprint density at radius 2 is 1.72 bits per heavy atom. The molecule has 1 amide bonds. The number of amides is 1. The largest absolute Gasteiger partial charge is 0.351 e. The number of para-hydroxylation sites is 1. The van der Waals surface area contributed by atoms with Crippen LogP contribution in [0.15, 0.2) is 79.0 Å². The monoisotopic (exact) mass is 495 g/mol. The Hall–Kier alpha value is -3.97. The summed E-state index contributed by atoms with van der Waals surface area (Å²) in [5.41, 5.74) is 8.54. The highest BCUT2D eigenvalue weighted by atomic mass is 32.1. The minimum Gasteiger partial charge on any atom is -0.351 e. The normalized spacial score (nSPS) is 17.2. The van der Waals surface area contributed by atoms with Gasteiger partial charge in [-0.1, -0.05) is 24.3 Å². The molecule has 2 aromatic heterocycles. The van der Waals surface area contributed by atoms with E-state index in [9.17, 15) is 4.79 Å². The van der Waals surface area contributed by atoms with Crippen molar-refractivity contribution in [2.24, 2.45) is 0 Å². The first-order valence-electron chi connectivity index (χ1n) is 12.0. The SMILES string of the molecule is CC(=O)Nc1ccc(N2C(=S)N[C@@H](c3ccccn3)[C@@H]2c2cc(C)n(-c3ccccc3C)c2C)cc1. The first kappa shape index (κ1) is 23.8. The van der Waals surface area contributed by atoms with Crippen molar-refractivity contribution in [2.45, 2.75) is 39.8 Å². The van der Waals surface area contributed by atoms with Crippen molar-refractivity contribution in [1.29, 1.82) is 0 Å². The number of anilines is 2. The van der Waals surface area contributed by atoms with Gasteiger partial charge in [0.25, 0.3) is 0 Å². The van der Waals surface area contributed by atoms with Crippen LogP contribution < -0.4 is 15.5 Å². The number of rotatable bonds is 5. The van der Waals surface area contributed by atoms with Crippen LogP contribution in [0.2, 0.25) is 0 Å². The Morgan fingerprint density at radius 1 is 1.00 bits per heavy atom. The lowest BCUT2D eigenvalue weighted by atomic mass is 9.96. The second kappa shape index (κ2) is 9.59. The average Bonchev–Trinajstić information content (AvgIpc) is 3.35. The van der Waals surface area contributed by atoms with E-state index >= 15 is 0 Å². The van der Waals surface area contributed by atoms with E-state index in [-0.39, 0.29) is 18.0 Å². The van der Waals surface area contributed by atoms with E-state index in [0.717, 1.165) is 22.8 Å². The Bertz CT molecular complexity index is 1430. The van der Waals surface area contributed by atoms with Crippen molar-refractivity contribution < 1.29 is 4.79 Å². The maximum absolute atomic E-state index is 11.5. The average molecular weight is 496 g/mol. The summed E-state index contributed by atoms with van der Waals surface area (Å²) in [4.78, 5) is 18.3. The number of pyridine rings is 1. The van der Waals surface area contributed by atoms with Crippen LogP contribution in [0.1, 0.15) is 47.2 Å². The summed E-state index contributed by atoms with van der Waals surface area (Å²) in [6.45, 7) is 7.96. The van der Waals surface area contributed by atoms with E-state index in [1.54, 1.807) is 0 Å². The molecule has 6 nitrogen and oxygen atoms in total. The summed E-state index contributed by atoms with van der Waals surface area (Å²) in [5.74, 6) is -0.0992. The topological polar surface area (TPSA) is 62.2 Å². The molecular weight excluding hydrogens is 466 g/mol. The zero-order valence-electron chi connectivity index (χ0n) is 20.8. The second-order valence-corrected chi connectivity index (χ2v) is 9.56. The molecule has 2 atom stereocenters. The van der Waals surface area contributed by atoms with Gasteiger partial charge in [0.15, 0.2) is 5.11 Å². The molecule has 7 heteroatoms. The summed E-state index contributed by atoms with van der Waals surface area (Å²) in [7, 11) is 0. The third kappa shape index (κ3) is 4.27. The Morgan fingerprint density at radius 3 is 2.39 bits per heavy atom. The number of carbonyl (C=O) groups is 1. The summed E-state index contributed by atoms with van der Waals surface area (Å²) in [5, 5.41) is 7.01. The molecule has 1 aliphatic heterocycles. The lowest BCUT2D eigenvalue weighted by molar-refractivity contribution is -0.114. The van der Waals surface area contributed by atoms with Crippen LogP contribution in [-0.4, -0.2) is 20.6 Å². The smallest absolute Gasteiger partial charge is 0.221 e. The summed E-state index contributed by atoms with van der Waals surface area (Å²) >= 11 is 5.89. The highest BCUT2D eigenvalue weighted by Gasteiger charge is 2.42. The van der Waals surface area contributed by atoms with Gasteiger partial charge < -0.3 is 20.1 Å². The van der Waals surface area contributed by atoms with Gasteiger partial charge in [0.05, 0.1) is 17.8 Å². The van der Waals surface area contributed by atoms with E-state index in [4.69, 9.17) is 12.2 Å². The van der Waals surface area contributed by atoms with Crippen molar-refractivity contribution in [3.05, 3.63) is 107 Å². The van der Waals surface area contributed by atoms with E-state index in [2.05, 4.69) is 76.2 Å². The molecule has 0 aliphatic carbocycles. The Kier molecular flexibility index (Phi) is 6.33. The second-order valence-electron chi connectivity index (χ2n) is 9.17. The molecule has 0 spiro atoms. The van der Waals surface area contributed by atoms with Gasteiger partial charge >= 0.3 is 0 Å². The molecule has 0 bridgehead atoms. The molecule has 4 aromatic rings. The van der Waals surface area contributed by atoms with Crippen LogP contribution in [-0.2, 0) is 4.79 Å². The Balaban J connectivity index is 1.64. The van der Waals surface area contributed by atoms with Gasteiger partial charge in [-0.15, -0.1) is 0 Å². The minimum absolute atomic E-state index is 0.0992. The molecule has 1 fully saturated rings. The van der Waals surface area contributed by atoms with Crippen molar-refractivity contribution in [3.63, 3.8) is 0 Å². The van der Waals surface area contributed by atoms with E-state index < -0.39 is 0 Å². The van der Waals surface area contributed by atoms with Crippen LogP contribution in [0.4, 0.5) is 11.4 Å². The van der Waals surface area contributed by atoms with Crippen LogP contribution in [0.3, 0.4) is 0 Å². The predicted molar refractivity (Wildman–Crippen MR) is 149 cm³/mol. The standard InChI is InChI=1S/C29H29N5OS/c1-18-9-5-6-11-26(18)33-19(2)17-24(20(33)3)28-27(25-10-7-8-16-30-25)32-29(36)34(28)23-14-12-22(13-15-23)31-21(4)35/h5-17,27-28H,1-4H3,(H,31,35)(H,32,36)/t27-,28-/m0/s1. The van der Waals surface area contributed by atoms with Crippen molar-refractivity contribution in [1.82, 2.24) is 14.9 Å². The maximum Gasteiger partial charge on any atom is 0.221 e. The molecule has 2 aromatic carbocycles. The van der Waals surface area contributed by atoms with Crippen molar-refractivity contribution in [3.8, 4) is 5.69 Å². The quantitative estimate of drug-likeness (QED) is 0.336. The first-order valence-corrected chi connectivity index (χ1v) is 12.4. The molecule has 0 unspecified atom stereocenters. The number of thiocarbonyl (C=S) groups is 1. The molecule has 1 saturated heterocycles. The molecule has 182 valence electrons. The number of carbonyl (C=O) groups excluding carboxylic acids is 1. The summed E-state index contributed by atoms with van der Waals surface area (Å²) < 4.78 is 2.32. The molecule has 3 heterocycles. The van der Waals surface area contributed by atoms with Gasteiger partial charge in [0.2, 0.25) is 5.91 Å². The number of nitrogens with zero attached hydrogens (tertiary/aromatic N) is 3. The zero-order valence-corrected chi connectivity index (χ0v) is 21.6. The fourth-order valence-electron chi connectivity index (χ4n) is 5.13. The van der Waals surface area contributed by atoms with Crippen LogP contribution in [0, 0.1) is 20.8 Å². The molecule has 1 aliphatic rings. The summed E-state index contributed by atoms with van der Waals surface area (Å²) in [6.07, 6.45) is 1.82. The van der Waals surface area contributed by atoms with Crippen LogP contribution in [0.5, 0.6) is 0 Å². The fourth-order valence-corrected chi connectivity index (χ4v) is 5.48. The maximum atomic E-state index is 11.5. The number of benzene rings is 2. The highest BCUT2D eigenvalue weighted by Crippen LogP contribution is 2.44. The van der Waals surface area contributed by atoms with Crippen LogP contribution >= 0.6 is 12.2 Å². The number of hydrogen-bond acceptors (Lipinski definition) is 3. The van der Waals surface area contributed by atoms with Gasteiger partial charge in [-0.25, -0.2) is 0 Å². The van der Waals surface area contributed by atoms with E-state index in [0.29, 0.717) is 5.11 Å². The predicted octanol–water partition coefficient (Wildman–Crippen LogP) is 5.93. The van der Waals surface area contributed by atoms with Gasteiger partial charge in [0.1, 0.15) is 0 Å². The molecule has 36 heavy (non-hydrogen) atoms. The van der Waals surface area contributed by atoms with E-state index in [1.807, 2.05) is 48.7 Å². The van der Waals surface area contributed by atoms with E-state index in [1.165, 1.54) is 29.4 Å².